The van der Waals surface area contributed by atoms with Crippen LogP contribution in [0.4, 0.5) is 5.69 Å². The zero-order valence-electron chi connectivity index (χ0n) is 21.3. The number of aromatic nitrogens is 3. The van der Waals surface area contributed by atoms with E-state index in [1.54, 1.807) is 4.80 Å². The van der Waals surface area contributed by atoms with Gasteiger partial charge in [0.2, 0.25) is 0 Å². The van der Waals surface area contributed by atoms with Crippen LogP contribution in [0, 0.1) is 6.92 Å². The monoisotopic (exact) mass is 470 g/mol. The minimum atomic E-state index is -0.220. The lowest BCUT2D eigenvalue weighted by molar-refractivity contribution is -0.118. The van der Waals surface area contributed by atoms with Crippen molar-refractivity contribution in [2.75, 3.05) is 11.9 Å². The van der Waals surface area contributed by atoms with Crippen molar-refractivity contribution in [1.82, 2.24) is 15.0 Å². The Hall–Kier alpha value is -3.67. The summed E-state index contributed by atoms with van der Waals surface area (Å²) < 4.78 is 5.69. The molecule has 0 fully saturated rings. The first-order valence-corrected chi connectivity index (χ1v) is 12.2. The third-order valence-electron chi connectivity index (χ3n) is 6.08. The molecule has 0 aliphatic heterocycles. The van der Waals surface area contributed by atoms with E-state index in [0.29, 0.717) is 11.4 Å². The molecule has 6 nitrogen and oxygen atoms in total. The van der Waals surface area contributed by atoms with Gasteiger partial charge in [0.25, 0.3) is 5.91 Å². The van der Waals surface area contributed by atoms with Crippen molar-refractivity contribution < 1.29 is 9.53 Å². The molecule has 1 amide bonds. The molecule has 4 rings (SSSR count). The molecular formula is C29H34N4O2. The SMILES string of the molecule is CCCCc1ccc(-n2nc3cc(C)c(NC(=O)COc4ccc(C(C)(C)C)cc4)cc3n2)cc1. The Morgan fingerprint density at radius 1 is 0.971 bits per heavy atom. The Labute approximate surface area is 207 Å². The molecule has 0 bridgehead atoms. The van der Waals surface area contributed by atoms with Crippen LogP contribution in [0.3, 0.4) is 0 Å². The Kier molecular flexibility index (Phi) is 7.20. The zero-order chi connectivity index (χ0) is 25.0. The summed E-state index contributed by atoms with van der Waals surface area (Å²) in [6.45, 7) is 10.6. The molecule has 0 saturated carbocycles. The Bertz CT molecular complexity index is 1300. The molecule has 35 heavy (non-hydrogen) atoms. The van der Waals surface area contributed by atoms with Crippen LogP contribution in [-0.4, -0.2) is 27.5 Å². The van der Waals surface area contributed by atoms with Crippen LogP contribution in [0.15, 0.2) is 60.7 Å². The summed E-state index contributed by atoms with van der Waals surface area (Å²) in [6.07, 6.45) is 3.45. The van der Waals surface area contributed by atoms with Gasteiger partial charge in [-0.3, -0.25) is 4.79 Å². The first-order chi connectivity index (χ1) is 16.7. The van der Waals surface area contributed by atoms with Crippen molar-refractivity contribution in [3.8, 4) is 11.4 Å². The van der Waals surface area contributed by atoms with E-state index >= 15 is 0 Å². The van der Waals surface area contributed by atoms with E-state index in [0.717, 1.165) is 28.7 Å². The summed E-state index contributed by atoms with van der Waals surface area (Å²) in [5.41, 5.74) is 6.66. The third-order valence-corrected chi connectivity index (χ3v) is 6.08. The van der Waals surface area contributed by atoms with Crippen LogP contribution in [0.2, 0.25) is 0 Å². The molecule has 1 aromatic heterocycles. The Morgan fingerprint density at radius 3 is 2.26 bits per heavy atom. The molecular weight excluding hydrogens is 436 g/mol. The maximum atomic E-state index is 12.6. The van der Waals surface area contributed by atoms with Crippen molar-refractivity contribution in [3.63, 3.8) is 0 Å². The smallest absolute Gasteiger partial charge is 0.262 e. The fourth-order valence-electron chi connectivity index (χ4n) is 3.88. The van der Waals surface area contributed by atoms with Crippen molar-refractivity contribution in [2.45, 2.75) is 59.3 Å². The molecule has 1 N–H and O–H groups in total. The van der Waals surface area contributed by atoms with E-state index in [1.165, 1.54) is 24.0 Å². The zero-order valence-corrected chi connectivity index (χ0v) is 21.3. The van der Waals surface area contributed by atoms with E-state index in [2.05, 4.69) is 55.3 Å². The number of carbonyl (C=O) groups is 1. The number of fused-ring (bicyclic) bond motifs is 1. The Morgan fingerprint density at radius 2 is 1.63 bits per heavy atom. The number of anilines is 1. The topological polar surface area (TPSA) is 69.0 Å². The second-order valence-corrected chi connectivity index (χ2v) is 10.0. The minimum absolute atomic E-state index is 0.0661. The molecule has 1 heterocycles. The predicted molar refractivity (Wildman–Crippen MR) is 141 cm³/mol. The van der Waals surface area contributed by atoms with Crippen molar-refractivity contribution in [3.05, 3.63) is 77.4 Å². The number of hydrogen-bond donors (Lipinski definition) is 1. The highest BCUT2D eigenvalue weighted by Crippen LogP contribution is 2.25. The van der Waals surface area contributed by atoms with Gasteiger partial charge < -0.3 is 10.1 Å². The fourth-order valence-corrected chi connectivity index (χ4v) is 3.88. The largest absolute Gasteiger partial charge is 0.484 e. The third kappa shape index (κ3) is 6.07. The number of ether oxygens (including phenoxy) is 1. The lowest BCUT2D eigenvalue weighted by atomic mass is 9.87. The second kappa shape index (κ2) is 10.3. The summed E-state index contributed by atoms with van der Waals surface area (Å²) >= 11 is 0. The summed E-state index contributed by atoms with van der Waals surface area (Å²) in [6, 6.07) is 20.0. The van der Waals surface area contributed by atoms with Crippen molar-refractivity contribution in [1.29, 1.82) is 0 Å². The van der Waals surface area contributed by atoms with E-state index < -0.39 is 0 Å². The first-order valence-electron chi connectivity index (χ1n) is 12.2. The average molecular weight is 471 g/mol. The molecule has 4 aromatic rings. The van der Waals surface area contributed by atoms with E-state index in [1.807, 2.05) is 55.5 Å². The number of aryl methyl sites for hydroxylation is 2. The van der Waals surface area contributed by atoms with Crippen LogP contribution in [0.25, 0.3) is 16.7 Å². The molecule has 0 unspecified atom stereocenters. The Balaban J connectivity index is 1.42. The van der Waals surface area contributed by atoms with Crippen LogP contribution >= 0.6 is 0 Å². The molecule has 6 heteroatoms. The van der Waals surface area contributed by atoms with Gasteiger partial charge in [-0.2, -0.15) is 4.80 Å². The van der Waals surface area contributed by atoms with Gasteiger partial charge in [-0.1, -0.05) is 58.4 Å². The molecule has 182 valence electrons. The standard InChI is InChI=1S/C29H34N4O2/c1-6-7-8-21-9-13-23(14-10-21)33-31-26-17-20(2)25(18-27(26)32-33)30-28(34)19-35-24-15-11-22(12-16-24)29(3,4)5/h9-18H,6-8,19H2,1-5H3,(H,30,34). The van der Waals surface area contributed by atoms with E-state index in [4.69, 9.17) is 4.74 Å². The van der Waals surface area contributed by atoms with Crippen molar-refractivity contribution in [2.24, 2.45) is 0 Å². The number of rotatable bonds is 8. The highest BCUT2D eigenvalue weighted by molar-refractivity contribution is 5.95. The quantitative estimate of drug-likeness (QED) is 0.324. The van der Waals surface area contributed by atoms with Gasteiger partial charge in [-0.25, -0.2) is 0 Å². The number of unbranched alkanes of at least 4 members (excludes halogenated alkanes) is 1. The first kappa shape index (κ1) is 24.5. The molecule has 0 aliphatic carbocycles. The number of hydrogen-bond acceptors (Lipinski definition) is 4. The van der Waals surface area contributed by atoms with Crippen LogP contribution in [0.5, 0.6) is 5.75 Å². The number of nitrogens with one attached hydrogen (secondary N) is 1. The maximum absolute atomic E-state index is 12.6. The molecule has 3 aromatic carbocycles. The summed E-state index contributed by atoms with van der Waals surface area (Å²) in [7, 11) is 0. The van der Waals surface area contributed by atoms with E-state index in [-0.39, 0.29) is 17.9 Å². The lowest BCUT2D eigenvalue weighted by Gasteiger charge is -2.19. The highest BCUT2D eigenvalue weighted by atomic mass is 16.5. The van der Waals surface area contributed by atoms with Crippen LogP contribution in [0.1, 0.15) is 57.2 Å². The number of carbonyl (C=O) groups excluding carboxylic acids is 1. The van der Waals surface area contributed by atoms with Gasteiger partial charge in [-0.05, 0) is 78.3 Å². The number of nitrogens with zero attached hydrogens (tertiary/aromatic N) is 3. The molecule has 0 atom stereocenters. The van der Waals surface area contributed by atoms with Gasteiger partial charge in [0.1, 0.15) is 16.8 Å². The van der Waals surface area contributed by atoms with Crippen LogP contribution < -0.4 is 10.1 Å². The van der Waals surface area contributed by atoms with Gasteiger partial charge in [-0.15, -0.1) is 10.2 Å². The lowest BCUT2D eigenvalue weighted by Crippen LogP contribution is -2.20. The van der Waals surface area contributed by atoms with Crippen LogP contribution in [-0.2, 0) is 16.6 Å². The minimum Gasteiger partial charge on any atom is -0.484 e. The second-order valence-electron chi connectivity index (χ2n) is 10.0. The number of benzene rings is 3. The fraction of sp³-hybridized carbons (Fsp3) is 0.345. The summed E-state index contributed by atoms with van der Waals surface area (Å²) in [5, 5.41) is 12.2. The average Bonchev–Trinajstić information content (AvgIpc) is 3.24. The predicted octanol–water partition coefficient (Wildman–Crippen LogP) is 6.39. The van der Waals surface area contributed by atoms with Gasteiger partial charge in [0.05, 0.1) is 5.69 Å². The highest BCUT2D eigenvalue weighted by Gasteiger charge is 2.14. The summed E-state index contributed by atoms with van der Waals surface area (Å²) in [4.78, 5) is 14.2. The van der Waals surface area contributed by atoms with Crippen molar-refractivity contribution >= 4 is 22.6 Å². The van der Waals surface area contributed by atoms with Gasteiger partial charge >= 0.3 is 0 Å². The summed E-state index contributed by atoms with van der Waals surface area (Å²) in [5.74, 6) is 0.450. The van der Waals surface area contributed by atoms with Gasteiger partial charge in [0, 0.05) is 5.69 Å². The maximum Gasteiger partial charge on any atom is 0.262 e. The molecule has 0 spiro atoms. The molecule has 0 saturated heterocycles. The number of amides is 1. The van der Waals surface area contributed by atoms with Gasteiger partial charge in [0.15, 0.2) is 6.61 Å². The normalized spacial score (nSPS) is 11.6. The molecule has 0 radical (unpaired) electrons. The molecule has 0 aliphatic rings. The van der Waals surface area contributed by atoms with E-state index in [9.17, 15) is 4.79 Å².